The minimum absolute atomic E-state index is 0.00444. The Kier molecular flexibility index (Phi) is 55.1. The number of allylic oxidation sites excluding steroid dienone is 3. The van der Waals surface area contributed by atoms with E-state index in [-0.39, 0.29) is 18.5 Å². The van der Waals surface area contributed by atoms with Crippen LogP contribution in [0, 0.1) is 0 Å². The third kappa shape index (κ3) is 47.2. The van der Waals surface area contributed by atoms with Crippen LogP contribution in [0.1, 0.15) is 335 Å². The van der Waals surface area contributed by atoms with Gasteiger partial charge in [-0.15, -0.1) is 0 Å². The van der Waals surface area contributed by atoms with Gasteiger partial charge in [0, 0.05) is 12.8 Å². The smallest absolute Gasteiger partial charge is 0.305 e. The van der Waals surface area contributed by atoms with Crippen LogP contribution in [-0.4, -0.2) is 100 Å². The minimum Gasteiger partial charge on any atom is -0.466 e. The summed E-state index contributed by atoms with van der Waals surface area (Å²) in [5, 5.41) is 54.5. The molecule has 1 rings (SSSR count). The lowest BCUT2D eigenvalue weighted by Crippen LogP contribution is -2.60. The lowest BCUT2D eigenvalue weighted by molar-refractivity contribution is -0.302. The van der Waals surface area contributed by atoms with Crippen molar-refractivity contribution in [2.24, 2.45) is 0 Å². The van der Waals surface area contributed by atoms with E-state index in [1.54, 1.807) is 6.08 Å². The summed E-state index contributed by atoms with van der Waals surface area (Å²) in [6.45, 7) is 4.37. The molecule has 6 N–H and O–H groups in total. The van der Waals surface area contributed by atoms with Crippen molar-refractivity contribution in [3.8, 4) is 0 Å². The molecule has 11 heteroatoms. The minimum atomic E-state index is -1.57. The first-order valence-corrected chi connectivity index (χ1v) is 34.1. The maximum Gasteiger partial charge on any atom is 0.305 e. The number of hydrogen-bond acceptors (Lipinski definition) is 10. The summed E-state index contributed by atoms with van der Waals surface area (Å²) in [6.07, 6.45) is 61.4. The van der Waals surface area contributed by atoms with E-state index < -0.39 is 49.5 Å². The van der Waals surface area contributed by atoms with E-state index >= 15 is 0 Å². The molecule has 466 valence electrons. The van der Waals surface area contributed by atoms with Gasteiger partial charge in [-0.25, -0.2) is 0 Å². The molecule has 1 aliphatic rings. The molecule has 0 radical (unpaired) electrons. The fourth-order valence-corrected chi connectivity index (χ4v) is 10.9. The van der Waals surface area contributed by atoms with Gasteiger partial charge in [0.05, 0.1) is 32.0 Å². The van der Waals surface area contributed by atoms with Gasteiger partial charge >= 0.3 is 5.97 Å². The lowest BCUT2D eigenvalue weighted by atomic mass is 9.99. The molecule has 7 atom stereocenters. The average Bonchev–Trinajstić information content (AvgIpc) is 3.50. The Labute approximate surface area is 486 Å². The molecule has 0 aromatic rings. The van der Waals surface area contributed by atoms with Gasteiger partial charge in [0.15, 0.2) is 6.29 Å². The van der Waals surface area contributed by atoms with Crippen molar-refractivity contribution in [3.05, 3.63) is 24.3 Å². The van der Waals surface area contributed by atoms with Crippen molar-refractivity contribution < 1.29 is 49.3 Å². The summed E-state index contributed by atoms with van der Waals surface area (Å²) in [5.41, 5.74) is 0. The molecule has 0 bridgehead atoms. The number of aliphatic hydroxyl groups excluding tert-OH is 5. The van der Waals surface area contributed by atoms with Crippen LogP contribution in [0.25, 0.3) is 0 Å². The molecule has 1 saturated heterocycles. The fraction of sp³-hybridized carbons (Fsp3) is 0.912. The zero-order chi connectivity index (χ0) is 57.3. The molecule has 79 heavy (non-hydrogen) atoms. The quantitative estimate of drug-likeness (QED) is 0.0195. The van der Waals surface area contributed by atoms with Gasteiger partial charge < -0.3 is 45.1 Å². The highest BCUT2D eigenvalue weighted by atomic mass is 16.7. The summed E-state index contributed by atoms with van der Waals surface area (Å²) in [5.74, 6) is -0.177. The van der Waals surface area contributed by atoms with Gasteiger partial charge in [0.1, 0.15) is 24.4 Å². The Balaban J connectivity index is 2.02. The molecule has 0 saturated carbocycles. The number of aliphatic hydroxyl groups is 5. The third-order valence-electron chi connectivity index (χ3n) is 16.3. The van der Waals surface area contributed by atoms with E-state index in [0.29, 0.717) is 19.4 Å². The second kappa shape index (κ2) is 57.9. The maximum atomic E-state index is 13.1. The zero-order valence-electron chi connectivity index (χ0n) is 51.6. The highest BCUT2D eigenvalue weighted by Crippen LogP contribution is 2.23. The fourth-order valence-electron chi connectivity index (χ4n) is 10.9. The number of unbranched alkanes of at least 4 members (excludes halogenated alkanes) is 44. The Morgan fingerprint density at radius 2 is 0.810 bits per heavy atom. The molecule has 0 aromatic heterocycles. The van der Waals surface area contributed by atoms with E-state index in [1.165, 1.54) is 250 Å². The molecule has 11 nitrogen and oxygen atoms in total. The highest BCUT2D eigenvalue weighted by molar-refractivity contribution is 5.76. The molecule has 1 aliphatic heterocycles. The second-order valence-corrected chi connectivity index (χ2v) is 23.9. The second-order valence-electron chi connectivity index (χ2n) is 23.9. The van der Waals surface area contributed by atoms with Crippen molar-refractivity contribution >= 4 is 11.9 Å². The molecule has 0 spiro atoms. The van der Waals surface area contributed by atoms with E-state index in [0.717, 1.165) is 57.8 Å². The van der Waals surface area contributed by atoms with Crippen LogP contribution in [-0.2, 0) is 23.8 Å². The van der Waals surface area contributed by atoms with Crippen molar-refractivity contribution in [2.75, 3.05) is 19.8 Å². The van der Waals surface area contributed by atoms with E-state index in [2.05, 4.69) is 31.3 Å². The molecule has 0 aromatic carbocycles. The standard InChI is InChI=1S/C68H129NO10/c1-3-5-7-9-11-13-15-16-31-35-38-42-46-50-54-61(71)60(59-78-68-67(76)66(75)65(74)62(58-70)79-68)69-63(72)55-51-47-43-39-36-32-29-27-25-23-21-19-17-18-20-22-24-26-28-30-33-37-41-45-49-53-57-77-64(73)56-52-48-44-40-34-14-12-10-8-6-4-2/h17,19,50,54,60-62,65-68,70-71,74-76H,3-16,18,20-49,51-53,55-59H2,1-2H3,(H,69,72)/b19-17-,54-50+. The van der Waals surface area contributed by atoms with E-state index in [9.17, 15) is 35.1 Å². The van der Waals surface area contributed by atoms with Crippen LogP contribution in [0.5, 0.6) is 0 Å². The zero-order valence-corrected chi connectivity index (χ0v) is 51.6. The molecular weight excluding hydrogens is 991 g/mol. The van der Waals surface area contributed by atoms with Gasteiger partial charge in [0.2, 0.25) is 5.91 Å². The normalized spacial score (nSPS) is 18.5. The lowest BCUT2D eigenvalue weighted by Gasteiger charge is -2.40. The monoisotopic (exact) mass is 1120 g/mol. The van der Waals surface area contributed by atoms with Crippen LogP contribution >= 0.6 is 0 Å². The van der Waals surface area contributed by atoms with Gasteiger partial charge in [-0.2, -0.15) is 0 Å². The number of esters is 1. The number of carbonyl (C=O) groups is 2. The first kappa shape index (κ1) is 75.2. The molecule has 0 aliphatic carbocycles. The first-order valence-electron chi connectivity index (χ1n) is 34.1. The Hall–Kier alpha value is -1.86. The van der Waals surface area contributed by atoms with Gasteiger partial charge in [0.25, 0.3) is 0 Å². The summed E-state index contributed by atoms with van der Waals surface area (Å²) < 4.78 is 16.7. The summed E-state index contributed by atoms with van der Waals surface area (Å²) >= 11 is 0. The Morgan fingerprint density at radius 1 is 0.456 bits per heavy atom. The first-order chi connectivity index (χ1) is 38.7. The largest absolute Gasteiger partial charge is 0.466 e. The van der Waals surface area contributed by atoms with Crippen LogP contribution < -0.4 is 5.32 Å². The van der Waals surface area contributed by atoms with Crippen LogP contribution in [0.2, 0.25) is 0 Å². The number of rotatable bonds is 60. The Bertz CT molecular complexity index is 1360. The van der Waals surface area contributed by atoms with Gasteiger partial charge in [-0.3, -0.25) is 9.59 Å². The molecule has 7 unspecified atom stereocenters. The molecule has 1 amide bonds. The summed E-state index contributed by atoms with van der Waals surface area (Å²) in [6, 6.07) is -0.811. The van der Waals surface area contributed by atoms with Crippen molar-refractivity contribution in [3.63, 3.8) is 0 Å². The number of ether oxygens (including phenoxy) is 3. The van der Waals surface area contributed by atoms with Crippen LogP contribution in [0.3, 0.4) is 0 Å². The summed E-state index contributed by atoms with van der Waals surface area (Å²) in [7, 11) is 0. The topological polar surface area (TPSA) is 175 Å². The highest BCUT2D eigenvalue weighted by Gasteiger charge is 2.44. The predicted octanol–water partition coefficient (Wildman–Crippen LogP) is 16.8. The van der Waals surface area contributed by atoms with Gasteiger partial charge in [-0.1, -0.05) is 289 Å². The van der Waals surface area contributed by atoms with Crippen LogP contribution in [0.15, 0.2) is 24.3 Å². The Morgan fingerprint density at radius 3 is 1.22 bits per heavy atom. The summed E-state index contributed by atoms with van der Waals surface area (Å²) in [4.78, 5) is 25.1. The SMILES string of the molecule is CCCCCCCCCCCCCC/C=C/C(O)C(COC1OC(CO)C(O)C(O)C1O)NC(=O)CCCCCCCCCCCC/C=C\CCCCCCCCCCCCCCOC(=O)CCCCCCCCCCCCC. The molecular formula is C68H129NO10. The van der Waals surface area contributed by atoms with E-state index in [4.69, 9.17) is 14.2 Å². The average molecular weight is 1120 g/mol. The maximum absolute atomic E-state index is 13.1. The number of carbonyl (C=O) groups excluding carboxylic acids is 2. The van der Waals surface area contributed by atoms with Crippen molar-refractivity contribution in [1.29, 1.82) is 0 Å². The number of amides is 1. The number of hydrogen-bond donors (Lipinski definition) is 6. The molecule has 1 heterocycles. The molecule has 1 fully saturated rings. The van der Waals surface area contributed by atoms with Crippen LogP contribution in [0.4, 0.5) is 0 Å². The third-order valence-corrected chi connectivity index (χ3v) is 16.3. The van der Waals surface area contributed by atoms with Crippen molar-refractivity contribution in [1.82, 2.24) is 5.32 Å². The number of nitrogens with one attached hydrogen (secondary N) is 1. The van der Waals surface area contributed by atoms with Crippen molar-refractivity contribution in [2.45, 2.75) is 378 Å². The van der Waals surface area contributed by atoms with Gasteiger partial charge in [-0.05, 0) is 57.8 Å². The predicted molar refractivity (Wildman–Crippen MR) is 329 cm³/mol. The van der Waals surface area contributed by atoms with E-state index in [1.807, 2.05) is 6.08 Å².